The third kappa shape index (κ3) is 4.06. The molecule has 8 heteroatoms. The Hall–Kier alpha value is -4.46. The van der Waals surface area contributed by atoms with E-state index in [4.69, 9.17) is 4.74 Å². The van der Waals surface area contributed by atoms with Gasteiger partial charge >= 0.3 is 0 Å². The average Bonchev–Trinajstić information content (AvgIpc) is 3.08. The molecule has 0 fully saturated rings. The van der Waals surface area contributed by atoms with E-state index in [0.717, 1.165) is 16.9 Å². The van der Waals surface area contributed by atoms with E-state index in [-0.39, 0.29) is 17.0 Å². The molecule has 4 rings (SSSR count). The van der Waals surface area contributed by atoms with E-state index < -0.39 is 16.7 Å². The Bertz CT molecular complexity index is 1260. The van der Waals surface area contributed by atoms with Gasteiger partial charge in [-0.05, 0) is 53.9 Å². The molecule has 0 saturated carbocycles. The molecule has 1 N–H and O–H groups in total. The normalized spacial score (nSPS) is 13.5. The number of anilines is 2. The highest BCUT2D eigenvalue weighted by Crippen LogP contribution is 2.38. The van der Waals surface area contributed by atoms with Gasteiger partial charge in [0.2, 0.25) is 0 Å². The summed E-state index contributed by atoms with van der Waals surface area (Å²) >= 11 is 0. The highest BCUT2D eigenvalue weighted by atomic mass is 16.6. The van der Waals surface area contributed by atoms with Crippen LogP contribution < -0.4 is 15.0 Å². The summed E-state index contributed by atoms with van der Waals surface area (Å²) in [6, 6.07) is 19.8. The first-order valence-corrected chi connectivity index (χ1v) is 10.3. The number of ether oxygens (including phenoxy) is 1. The van der Waals surface area contributed by atoms with Crippen LogP contribution in [0.3, 0.4) is 0 Å². The topological polar surface area (TPSA) is 102 Å². The molecule has 0 aromatic heterocycles. The summed E-state index contributed by atoms with van der Waals surface area (Å²) in [6.07, 6.45) is 0.871. The molecular weight excluding hydrogens is 422 g/mol. The van der Waals surface area contributed by atoms with Crippen LogP contribution in [0.2, 0.25) is 0 Å². The van der Waals surface area contributed by atoms with E-state index in [0.29, 0.717) is 22.7 Å². The number of methoxy groups -OCH3 is 1. The van der Waals surface area contributed by atoms with Crippen molar-refractivity contribution < 1.29 is 19.2 Å². The van der Waals surface area contributed by atoms with Crippen molar-refractivity contribution in [2.75, 3.05) is 17.3 Å². The number of hydrogen-bond acceptors (Lipinski definition) is 6. The first-order chi connectivity index (χ1) is 15.9. The van der Waals surface area contributed by atoms with Crippen LogP contribution in [0.1, 0.15) is 18.1 Å². The summed E-state index contributed by atoms with van der Waals surface area (Å²) in [5.41, 5.74) is 2.59. The number of non-ortho nitro benzene ring substituents is 1. The van der Waals surface area contributed by atoms with Crippen molar-refractivity contribution in [3.8, 4) is 5.75 Å². The Morgan fingerprint density at radius 2 is 1.61 bits per heavy atom. The predicted molar refractivity (Wildman–Crippen MR) is 125 cm³/mol. The molecule has 0 aliphatic carbocycles. The molecule has 8 nitrogen and oxygen atoms in total. The van der Waals surface area contributed by atoms with E-state index in [2.05, 4.69) is 5.32 Å². The number of nitro groups is 1. The van der Waals surface area contributed by atoms with Crippen LogP contribution in [0.25, 0.3) is 5.57 Å². The molecule has 0 atom stereocenters. The lowest BCUT2D eigenvalue weighted by Crippen LogP contribution is -2.32. The van der Waals surface area contributed by atoms with Gasteiger partial charge in [0.05, 0.1) is 23.3 Å². The molecule has 33 heavy (non-hydrogen) atoms. The zero-order valence-electron chi connectivity index (χ0n) is 18.1. The minimum atomic E-state index is -0.550. The number of nitrogens with one attached hydrogen (secondary N) is 1. The minimum Gasteiger partial charge on any atom is -0.495 e. The fourth-order valence-electron chi connectivity index (χ4n) is 3.66. The molecule has 0 bridgehead atoms. The summed E-state index contributed by atoms with van der Waals surface area (Å²) in [4.78, 5) is 38.6. The summed E-state index contributed by atoms with van der Waals surface area (Å²) in [5, 5.41) is 14.1. The number of nitrogens with zero attached hydrogens (tertiary/aromatic N) is 2. The number of aryl methyl sites for hydroxylation is 1. The van der Waals surface area contributed by atoms with Crippen LogP contribution in [-0.2, 0) is 16.0 Å². The van der Waals surface area contributed by atoms with Gasteiger partial charge in [-0.3, -0.25) is 19.7 Å². The molecule has 2 amide bonds. The molecule has 1 heterocycles. The zero-order valence-corrected chi connectivity index (χ0v) is 18.1. The second-order valence-corrected chi connectivity index (χ2v) is 7.35. The van der Waals surface area contributed by atoms with Crippen LogP contribution >= 0.6 is 0 Å². The number of imide groups is 1. The van der Waals surface area contributed by atoms with Gasteiger partial charge in [-0.15, -0.1) is 0 Å². The molecule has 166 valence electrons. The van der Waals surface area contributed by atoms with E-state index in [1.807, 2.05) is 31.2 Å². The average molecular weight is 443 g/mol. The second-order valence-electron chi connectivity index (χ2n) is 7.35. The summed E-state index contributed by atoms with van der Waals surface area (Å²) in [6.45, 7) is 2.04. The highest BCUT2D eigenvalue weighted by molar-refractivity contribution is 6.46. The maximum Gasteiger partial charge on any atom is 0.282 e. The van der Waals surface area contributed by atoms with E-state index in [1.165, 1.54) is 31.4 Å². The number of nitro benzene ring substituents is 1. The predicted octanol–water partition coefficient (Wildman–Crippen LogP) is 4.56. The molecule has 0 spiro atoms. The van der Waals surface area contributed by atoms with Crippen molar-refractivity contribution >= 4 is 34.4 Å². The lowest BCUT2D eigenvalue weighted by atomic mass is 10.0. The molecule has 3 aromatic rings. The molecule has 1 aliphatic heterocycles. The lowest BCUT2D eigenvalue weighted by Gasteiger charge is -2.18. The molecule has 0 unspecified atom stereocenters. The van der Waals surface area contributed by atoms with Gasteiger partial charge in [-0.25, -0.2) is 4.90 Å². The first-order valence-electron chi connectivity index (χ1n) is 10.3. The van der Waals surface area contributed by atoms with Gasteiger partial charge < -0.3 is 10.1 Å². The van der Waals surface area contributed by atoms with E-state index in [9.17, 15) is 19.7 Å². The number of hydrogen-bond donors (Lipinski definition) is 1. The fourth-order valence-corrected chi connectivity index (χ4v) is 3.66. The van der Waals surface area contributed by atoms with Crippen LogP contribution in [-0.4, -0.2) is 23.8 Å². The third-order valence-corrected chi connectivity index (χ3v) is 5.41. The van der Waals surface area contributed by atoms with Crippen molar-refractivity contribution in [3.63, 3.8) is 0 Å². The first kappa shape index (κ1) is 21.8. The number of rotatable bonds is 7. The molecule has 1 aliphatic rings. The van der Waals surface area contributed by atoms with Crippen molar-refractivity contribution in [1.82, 2.24) is 0 Å². The Kier molecular flexibility index (Phi) is 5.91. The largest absolute Gasteiger partial charge is 0.495 e. The van der Waals surface area contributed by atoms with Crippen molar-refractivity contribution in [1.29, 1.82) is 0 Å². The van der Waals surface area contributed by atoms with Crippen molar-refractivity contribution in [2.24, 2.45) is 0 Å². The maximum atomic E-state index is 13.5. The van der Waals surface area contributed by atoms with E-state index >= 15 is 0 Å². The number of amides is 2. The number of carbonyl (C=O) groups is 2. The van der Waals surface area contributed by atoms with Gasteiger partial charge in [-0.2, -0.15) is 0 Å². The Morgan fingerprint density at radius 1 is 0.939 bits per heavy atom. The Labute approximate surface area is 190 Å². The fraction of sp³-hybridized carbons (Fsp3) is 0.120. The number of benzene rings is 3. The van der Waals surface area contributed by atoms with Gasteiger partial charge in [-0.1, -0.05) is 31.2 Å². The van der Waals surface area contributed by atoms with Crippen molar-refractivity contribution in [2.45, 2.75) is 13.3 Å². The second kappa shape index (κ2) is 8.96. The Morgan fingerprint density at radius 3 is 2.21 bits per heavy atom. The van der Waals surface area contributed by atoms with Gasteiger partial charge in [0.15, 0.2) is 0 Å². The van der Waals surface area contributed by atoms with Gasteiger partial charge in [0.1, 0.15) is 11.4 Å². The molecule has 0 saturated heterocycles. The van der Waals surface area contributed by atoms with Crippen LogP contribution in [0.4, 0.5) is 17.1 Å². The van der Waals surface area contributed by atoms with Gasteiger partial charge in [0.25, 0.3) is 17.5 Å². The summed E-state index contributed by atoms with van der Waals surface area (Å²) < 4.78 is 5.36. The summed E-state index contributed by atoms with van der Waals surface area (Å²) in [5.74, 6) is -0.723. The third-order valence-electron chi connectivity index (χ3n) is 5.41. The smallest absolute Gasteiger partial charge is 0.282 e. The number of carbonyl (C=O) groups excluding carboxylic acids is 2. The SMILES string of the molecule is CCc1ccc(NC2=C(c3ccc([N+](=O)[O-])cc3)C(=O)N(c3ccccc3OC)C2=O)cc1. The Balaban J connectivity index is 1.82. The van der Waals surface area contributed by atoms with Crippen LogP contribution in [0.5, 0.6) is 5.75 Å². The quantitative estimate of drug-likeness (QED) is 0.326. The van der Waals surface area contributed by atoms with Crippen LogP contribution in [0.15, 0.2) is 78.5 Å². The van der Waals surface area contributed by atoms with Gasteiger partial charge in [0, 0.05) is 17.8 Å². The highest BCUT2D eigenvalue weighted by Gasteiger charge is 2.41. The minimum absolute atomic E-state index is 0.0870. The zero-order chi connectivity index (χ0) is 23.5. The lowest BCUT2D eigenvalue weighted by molar-refractivity contribution is -0.384. The van der Waals surface area contributed by atoms with Crippen molar-refractivity contribution in [3.05, 3.63) is 99.7 Å². The van der Waals surface area contributed by atoms with Crippen LogP contribution in [0, 0.1) is 10.1 Å². The molecule has 0 radical (unpaired) electrons. The summed E-state index contributed by atoms with van der Waals surface area (Å²) in [7, 11) is 1.46. The number of para-hydroxylation sites is 2. The monoisotopic (exact) mass is 443 g/mol. The molecular formula is C25H21N3O5. The standard InChI is InChI=1S/C25H21N3O5/c1-3-16-8-12-18(13-9-16)26-23-22(17-10-14-19(15-11-17)28(31)32)24(29)27(25(23)30)20-6-4-5-7-21(20)33-2/h4-15,26H,3H2,1-2H3. The maximum absolute atomic E-state index is 13.5. The van der Waals surface area contributed by atoms with E-state index in [1.54, 1.807) is 24.3 Å². The molecule has 3 aromatic carbocycles.